The highest BCUT2D eigenvalue weighted by Gasteiger charge is 2.02. The number of rotatable bonds is 4. The van der Waals surface area contributed by atoms with Crippen LogP contribution in [0, 0.1) is 6.92 Å². The monoisotopic (exact) mass is 269 g/mol. The maximum absolute atomic E-state index is 5.84. The molecule has 7 heteroatoms. The van der Waals surface area contributed by atoms with E-state index in [9.17, 15) is 0 Å². The molecule has 17 heavy (non-hydrogen) atoms. The third-order valence-electron chi connectivity index (χ3n) is 2.02. The third kappa shape index (κ3) is 3.28. The smallest absolute Gasteiger partial charge is 0.182 e. The minimum Gasteiger partial charge on any atom is -0.365 e. The Hall–Kier alpha value is -1.40. The maximum atomic E-state index is 5.84. The molecule has 0 aromatic carbocycles. The van der Waals surface area contributed by atoms with Crippen molar-refractivity contribution >= 4 is 33.9 Å². The van der Waals surface area contributed by atoms with Gasteiger partial charge in [0.1, 0.15) is 16.8 Å². The number of thiazole rings is 1. The van der Waals surface area contributed by atoms with Crippen molar-refractivity contribution < 1.29 is 0 Å². The van der Waals surface area contributed by atoms with Crippen LogP contribution in [0.5, 0.6) is 0 Å². The highest BCUT2D eigenvalue weighted by Crippen LogP contribution is 2.16. The van der Waals surface area contributed by atoms with Crippen LogP contribution in [0.1, 0.15) is 11.5 Å². The van der Waals surface area contributed by atoms with Crippen LogP contribution in [0.4, 0.5) is 10.9 Å². The van der Waals surface area contributed by atoms with Crippen LogP contribution < -0.4 is 10.6 Å². The van der Waals surface area contributed by atoms with Crippen LogP contribution in [-0.2, 0) is 6.54 Å². The van der Waals surface area contributed by atoms with Crippen LogP contribution in [0.2, 0.25) is 5.15 Å². The van der Waals surface area contributed by atoms with Crippen LogP contribution >= 0.6 is 22.9 Å². The fraction of sp³-hybridized carbons (Fsp3) is 0.300. The lowest BCUT2D eigenvalue weighted by atomic mass is 10.4. The molecule has 2 aromatic rings. The summed E-state index contributed by atoms with van der Waals surface area (Å²) < 4.78 is 0. The number of aromatic nitrogens is 3. The summed E-state index contributed by atoms with van der Waals surface area (Å²) in [5.74, 6) is 1.36. The van der Waals surface area contributed by atoms with Gasteiger partial charge in [0, 0.05) is 18.5 Å². The first kappa shape index (κ1) is 12.1. The Labute approximate surface area is 108 Å². The number of nitrogens with one attached hydrogen (secondary N) is 2. The first-order chi connectivity index (χ1) is 8.17. The normalized spacial score (nSPS) is 10.3. The average Bonchev–Trinajstić information content (AvgIpc) is 2.73. The van der Waals surface area contributed by atoms with Crippen molar-refractivity contribution in [1.29, 1.82) is 0 Å². The number of anilines is 2. The first-order valence-electron chi connectivity index (χ1n) is 5.04. The molecule has 90 valence electrons. The molecule has 0 radical (unpaired) electrons. The second-order valence-electron chi connectivity index (χ2n) is 3.37. The van der Waals surface area contributed by atoms with Crippen LogP contribution in [0.15, 0.2) is 11.4 Å². The Morgan fingerprint density at radius 1 is 1.35 bits per heavy atom. The van der Waals surface area contributed by atoms with Gasteiger partial charge >= 0.3 is 0 Å². The zero-order valence-electron chi connectivity index (χ0n) is 9.49. The van der Waals surface area contributed by atoms with Crippen LogP contribution in [0.25, 0.3) is 0 Å². The fourth-order valence-electron chi connectivity index (χ4n) is 1.31. The van der Waals surface area contributed by atoms with Gasteiger partial charge < -0.3 is 10.6 Å². The molecule has 2 aromatic heterocycles. The van der Waals surface area contributed by atoms with E-state index in [2.05, 4.69) is 25.6 Å². The molecule has 0 aliphatic carbocycles. The molecule has 0 aliphatic heterocycles. The number of halogens is 1. The Morgan fingerprint density at radius 2 is 2.18 bits per heavy atom. The molecule has 2 heterocycles. The van der Waals surface area contributed by atoms with Crippen LogP contribution in [-0.4, -0.2) is 22.0 Å². The van der Waals surface area contributed by atoms with Gasteiger partial charge in [0.25, 0.3) is 0 Å². The van der Waals surface area contributed by atoms with Gasteiger partial charge in [-0.25, -0.2) is 15.0 Å². The molecular formula is C10H12ClN5S. The molecule has 0 fully saturated rings. The molecule has 5 nitrogen and oxygen atoms in total. The number of nitrogens with zero attached hydrogens (tertiary/aromatic N) is 3. The lowest BCUT2D eigenvalue weighted by Gasteiger charge is -2.04. The van der Waals surface area contributed by atoms with Crippen molar-refractivity contribution in [2.45, 2.75) is 13.5 Å². The Kier molecular flexibility index (Phi) is 3.75. The highest BCUT2D eigenvalue weighted by molar-refractivity contribution is 7.13. The molecule has 0 saturated heterocycles. The second-order valence-corrected chi connectivity index (χ2v) is 4.62. The van der Waals surface area contributed by atoms with Gasteiger partial charge in [0.2, 0.25) is 0 Å². The van der Waals surface area contributed by atoms with E-state index in [-0.39, 0.29) is 0 Å². The molecule has 2 N–H and O–H groups in total. The van der Waals surface area contributed by atoms with E-state index in [0.29, 0.717) is 23.3 Å². The van der Waals surface area contributed by atoms with E-state index in [1.165, 1.54) is 0 Å². The van der Waals surface area contributed by atoms with Gasteiger partial charge in [-0.15, -0.1) is 11.3 Å². The second kappa shape index (κ2) is 5.29. The lowest BCUT2D eigenvalue weighted by molar-refractivity contribution is 1.00. The van der Waals surface area contributed by atoms with E-state index in [1.54, 1.807) is 24.3 Å². The predicted octanol–water partition coefficient (Wildman–Crippen LogP) is 2.55. The summed E-state index contributed by atoms with van der Waals surface area (Å²) >= 11 is 7.41. The van der Waals surface area contributed by atoms with Gasteiger partial charge in [0.15, 0.2) is 5.13 Å². The fourth-order valence-corrected chi connectivity index (χ4v) is 2.20. The summed E-state index contributed by atoms with van der Waals surface area (Å²) in [5, 5.41) is 9.49. The molecule has 0 saturated carbocycles. The standard InChI is InChI=1S/C10H12ClN5S/c1-6-14-8(11)3-9(15-6)13-4-7-5-17-10(12-2)16-7/h3,5H,4H2,1-2H3,(H,12,16)(H,13,14,15). The molecule has 0 atom stereocenters. The first-order valence-corrected chi connectivity index (χ1v) is 6.30. The summed E-state index contributed by atoms with van der Waals surface area (Å²) in [6.07, 6.45) is 0. The summed E-state index contributed by atoms with van der Waals surface area (Å²) in [6, 6.07) is 1.69. The number of aryl methyl sites for hydroxylation is 1. The van der Waals surface area contributed by atoms with E-state index < -0.39 is 0 Å². The Balaban J connectivity index is 2.01. The van der Waals surface area contributed by atoms with Crippen molar-refractivity contribution in [2.75, 3.05) is 17.7 Å². The Morgan fingerprint density at radius 3 is 2.82 bits per heavy atom. The molecule has 0 spiro atoms. The van der Waals surface area contributed by atoms with E-state index >= 15 is 0 Å². The highest BCUT2D eigenvalue weighted by atomic mass is 35.5. The van der Waals surface area contributed by atoms with E-state index in [1.807, 2.05) is 12.4 Å². The van der Waals surface area contributed by atoms with Crippen molar-refractivity contribution in [3.05, 3.63) is 28.1 Å². The van der Waals surface area contributed by atoms with E-state index in [0.717, 1.165) is 10.8 Å². The minimum atomic E-state index is 0.439. The zero-order valence-corrected chi connectivity index (χ0v) is 11.1. The summed E-state index contributed by atoms with van der Waals surface area (Å²) in [6.45, 7) is 2.42. The summed E-state index contributed by atoms with van der Waals surface area (Å²) in [4.78, 5) is 12.6. The van der Waals surface area contributed by atoms with Gasteiger partial charge in [-0.05, 0) is 6.92 Å². The average molecular weight is 270 g/mol. The molecule has 0 unspecified atom stereocenters. The quantitative estimate of drug-likeness (QED) is 0.836. The molecule has 0 amide bonds. The number of hydrogen-bond acceptors (Lipinski definition) is 6. The van der Waals surface area contributed by atoms with Crippen molar-refractivity contribution in [2.24, 2.45) is 0 Å². The Bertz CT molecular complexity index is 493. The van der Waals surface area contributed by atoms with Crippen molar-refractivity contribution in [3.63, 3.8) is 0 Å². The molecule has 0 bridgehead atoms. The minimum absolute atomic E-state index is 0.439. The van der Waals surface area contributed by atoms with Crippen molar-refractivity contribution in [3.8, 4) is 0 Å². The van der Waals surface area contributed by atoms with Gasteiger partial charge in [-0.3, -0.25) is 0 Å². The largest absolute Gasteiger partial charge is 0.365 e. The SMILES string of the molecule is CNc1nc(CNc2cc(Cl)nc(C)n2)cs1. The molecule has 0 aliphatic rings. The van der Waals surface area contributed by atoms with Crippen molar-refractivity contribution in [1.82, 2.24) is 15.0 Å². The summed E-state index contributed by atoms with van der Waals surface area (Å²) in [5.41, 5.74) is 0.965. The predicted molar refractivity (Wildman–Crippen MR) is 70.8 cm³/mol. The zero-order chi connectivity index (χ0) is 12.3. The lowest BCUT2D eigenvalue weighted by Crippen LogP contribution is -2.03. The van der Waals surface area contributed by atoms with Gasteiger partial charge in [-0.2, -0.15) is 0 Å². The summed E-state index contributed by atoms with van der Waals surface area (Å²) in [7, 11) is 1.85. The van der Waals surface area contributed by atoms with Gasteiger partial charge in [0.05, 0.1) is 12.2 Å². The van der Waals surface area contributed by atoms with E-state index in [4.69, 9.17) is 11.6 Å². The molecular weight excluding hydrogens is 258 g/mol. The topological polar surface area (TPSA) is 62.7 Å². The van der Waals surface area contributed by atoms with Gasteiger partial charge in [-0.1, -0.05) is 11.6 Å². The third-order valence-corrected chi connectivity index (χ3v) is 3.13. The number of hydrogen-bond donors (Lipinski definition) is 2. The molecule has 2 rings (SSSR count). The van der Waals surface area contributed by atoms with Crippen LogP contribution in [0.3, 0.4) is 0 Å². The maximum Gasteiger partial charge on any atom is 0.182 e.